The van der Waals surface area contributed by atoms with Gasteiger partial charge < -0.3 is 24.4 Å². The number of ether oxygens (including phenoxy) is 2. The number of amides is 1. The smallest absolute Gasteiger partial charge is 0.259 e. The van der Waals surface area contributed by atoms with Crippen molar-refractivity contribution in [2.75, 3.05) is 48.0 Å². The van der Waals surface area contributed by atoms with E-state index in [4.69, 9.17) is 9.47 Å². The summed E-state index contributed by atoms with van der Waals surface area (Å²) in [4.78, 5) is 21.1. The van der Waals surface area contributed by atoms with Gasteiger partial charge in [0.05, 0.1) is 14.2 Å². The van der Waals surface area contributed by atoms with Crippen LogP contribution in [0.25, 0.3) is 0 Å². The predicted molar refractivity (Wildman–Crippen MR) is 90.5 cm³/mol. The van der Waals surface area contributed by atoms with E-state index in [2.05, 4.69) is 9.88 Å². The fourth-order valence-electron chi connectivity index (χ4n) is 3.01. The van der Waals surface area contributed by atoms with E-state index in [0.29, 0.717) is 24.5 Å². The van der Waals surface area contributed by atoms with Gasteiger partial charge in [0.25, 0.3) is 5.91 Å². The van der Waals surface area contributed by atoms with Crippen LogP contribution in [0, 0.1) is 5.92 Å². The zero-order chi connectivity index (χ0) is 17.7. The molecule has 1 aliphatic heterocycles. The van der Waals surface area contributed by atoms with Gasteiger partial charge in [0.1, 0.15) is 5.56 Å². The van der Waals surface area contributed by atoms with Crippen molar-refractivity contribution in [3.63, 3.8) is 0 Å². The van der Waals surface area contributed by atoms with Gasteiger partial charge in [-0.25, -0.2) is 0 Å². The van der Waals surface area contributed by atoms with E-state index in [1.807, 2.05) is 14.1 Å². The lowest BCUT2D eigenvalue weighted by Crippen LogP contribution is -2.43. The number of likely N-dealkylation sites (N-methyl/N-ethyl adjacent to an activating group) is 1. The number of methoxy groups -OCH3 is 2. The number of hydrogen-bond donors (Lipinski definition) is 1. The minimum Gasteiger partial charge on any atom is -0.481 e. The summed E-state index contributed by atoms with van der Waals surface area (Å²) >= 11 is 0. The first-order valence-corrected chi connectivity index (χ1v) is 8.15. The first-order chi connectivity index (χ1) is 11.5. The van der Waals surface area contributed by atoms with Crippen molar-refractivity contribution in [2.45, 2.75) is 18.9 Å². The molecule has 2 atom stereocenters. The molecule has 1 fully saturated rings. The monoisotopic (exact) mass is 337 g/mol. The van der Waals surface area contributed by atoms with E-state index in [9.17, 15) is 9.90 Å². The fourth-order valence-corrected chi connectivity index (χ4v) is 3.01. The van der Waals surface area contributed by atoms with Crippen molar-refractivity contribution in [3.05, 3.63) is 17.7 Å². The molecular formula is C17H27N3O4. The first kappa shape index (κ1) is 18.5. The fraction of sp³-hybridized carbons (Fsp3) is 0.647. The van der Waals surface area contributed by atoms with E-state index >= 15 is 0 Å². The largest absolute Gasteiger partial charge is 0.481 e. The number of hydrogen-bond acceptors (Lipinski definition) is 6. The zero-order valence-corrected chi connectivity index (χ0v) is 14.9. The minimum atomic E-state index is -0.130. The van der Waals surface area contributed by atoms with Crippen LogP contribution in [-0.2, 0) is 0 Å². The van der Waals surface area contributed by atoms with E-state index in [0.717, 1.165) is 12.8 Å². The van der Waals surface area contributed by atoms with Crippen LogP contribution in [0.5, 0.6) is 11.8 Å². The lowest BCUT2D eigenvalue weighted by molar-refractivity contribution is 0.0685. The normalized spacial score (nSPS) is 21.5. The number of pyridine rings is 1. The Balaban J connectivity index is 2.28. The molecular weight excluding hydrogens is 310 g/mol. The van der Waals surface area contributed by atoms with Crippen LogP contribution in [0.3, 0.4) is 0 Å². The molecule has 0 saturated carbocycles. The summed E-state index contributed by atoms with van der Waals surface area (Å²) in [6.45, 7) is 1.24. The van der Waals surface area contributed by atoms with Crippen molar-refractivity contribution >= 4 is 5.91 Å². The number of nitrogens with zero attached hydrogens (tertiary/aromatic N) is 3. The molecule has 1 N–H and O–H groups in total. The molecule has 7 heteroatoms. The average Bonchev–Trinajstić information content (AvgIpc) is 2.83. The quantitative estimate of drug-likeness (QED) is 0.859. The second-order valence-corrected chi connectivity index (χ2v) is 6.36. The molecule has 0 aromatic carbocycles. The topological polar surface area (TPSA) is 75.1 Å². The molecule has 1 aromatic rings. The maximum atomic E-state index is 13.0. The van der Waals surface area contributed by atoms with Crippen molar-refractivity contribution < 1.29 is 19.4 Å². The molecule has 1 amide bonds. The Morgan fingerprint density at radius 3 is 2.62 bits per heavy atom. The highest BCUT2D eigenvalue weighted by atomic mass is 16.5. The number of aromatic nitrogens is 1. The Kier molecular flexibility index (Phi) is 6.39. The Labute approximate surface area is 143 Å². The van der Waals surface area contributed by atoms with E-state index in [1.54, 1.807) is 17.0 Å². The van der Waals surface area contributed by atoms with Gasteiger partial charge in [-0.15, -0.1) is 0 Å². The number of carbonyl (C=O) groups excluding carboxylic acids is 1. The maximum Gasteiger partial charge on any atom is 0.259 e. The highest BCUT2D eigenvalue weighted by Crippen LogP contribution is 2.25. The molecule has 134 valence electrons. The number of carbonyl (C=O) groups is 1. The van der Waals surface area contributed by atoms with Gasteiger partial charge in [0.15, 0.2) is 0 Å². The van der Waals surface area contributed by atoms with Gasteiger partial charge in [-0.3, -0.25) is 4.79 Å². The molecule has 0 bridgehead atoms. The van der Waals surface area contributed by atoms with Gasteiger partial charge in [-0.1, -0.05) is 0 Å². The molecule has 0 aliphatic carbocycles. The second-order valence-electron chi connectivity index (χ2n) is 6.36. The average molecular weight is 337 g/mol. The molecule has 0 unspecified atom stereocenters. The molecule has 0 radical (unpaired) electrons. The standard InChI is InChI=1S/C17H27N3O4/c1-19(2)13-6-5-12(11-21)9-20(10-13)17(22)14-7-8-15(23-3)18-16(14)24-4/h7-8,12-13,21H,5-6,9-11H2,1-4H3/t12-,13+/m0/s1. The van der Waals surface area contributed by atoms with E-state index in [-0.39, 0.29) is 30.4 Å². The van der Waals surface area contributed by atoms with Gasteiger partial charge in [0.2, 0.25) is 11.8 Å². The second kappa shape index (κ2) is 8.30. The minimum absolute atomic E-state index is 0.0852. The molecule has 7 nitrogen and oxygen atoms in total. The Morgan fingerprint density at radius 2 is 2.04 bits per heavy atom. The Hall–Kier alpha value is -1.86. The third kappa shape index (κ3) is 4.15. The molecule has 24 heavy (non-hydrogen) atoms. The molecule has 1 saturated heterocycles. The van der Waals surface area contributed by atoms with Gasteiger partial charge in [-0.2, -0.15) is 4.98 Å². The summed E-state index contributed by atoms with van der Waals surface area (Å²) in [5.41, 5.74) is 0.411. The van der Waals surface area contributed by atoms with Crippen molar-refractivity contribution in [3.8, 4) is 11.8 Å². The van der Waals surface area contributed by atoms with Gasteiger partial charge in [-0.05, 0) is 38.9 Å². The van der Waals surface area contributed by atoms with Crippen molar-refractivity contribution in [1.29, 1.82) is 0 Å². The van der Waals surface area contributed by atoms with Crippen LogP contribution >= 0.6 is 0 Å². The molecule has 0 spiro atoms. The number of aliphatic hydroxyl groups excluding tert-OH is 1. The molecule has 1 aromatic heterocycles. The number of aliphatic hydroxyl groups is 1. The summed E-state index contributed by atoms with van der Waals surface area (Å²) in [6.07, 6.45) is 1.86. The summed E-state index contributed by atoms with van der Waals surface area (Å²) in [6, 6.07) is 3.60. The van der Waals surface area contributed by atoms with Gasteiger partial charge in [0, 0.05) is 31.8 Å². The highest BCUT2D eigenvalue weighted by molar-refractivity contribution is 5.96. The summed E-state index contributed by atoms with van der Waals surface area (Å²) in [5, 5.41) is 9.57. The summed E-state index contributed by atoms with van der Waals surface area (Å²) in [5.74, 6) is 0.620. The zero-order valence-electron chi connectivity index (χ0n) is 14.9. The van der Waals surface area contributed by atoms with Crippen LogP contribution in [0.15, 0.2) is 12.1 Å². The summed E-state index contributed by atoms with van der Waals surface area (Å²) in [7, 11) is 7.04. The molecule has 2 rings (SSSR count). The van der Waals surface area contributed by atoms with Crippen LogP contribution in [-0.4, -0.2) is 79.9 Å². The third-order valence-electron chi connectivity index (χ3n) is 4.56. The van der Waals surface area contributed by atoms with E-state index in [1.165, 1.54) is 14.2 Å². The van der Waals surface area contributed by atoms with Crippen LogP contribution < -0.4 is 9.47 Å². The highest BCUT2D eigenvalue weighted by Gasteiger charge is 2.30. The molecule has 2 heterocycles. The Bertz CT molecular complexity index is 565. The maximum absolute atomic E-state index is 13.0. The van der Waals surface area contributed by atoms with Crippen molar-refractivity contribution in [1.82, 2.24) is 14.8 Å². The van der Waals surface area contributed by atoms with Crippen LogP contribution in [0.4, 0.5) is 0 Å². The van der Waals surface area contributed by atoms with Gasteiger partial charge >= 0.3 is 0 Å². The predicted octanol–water partition coefficient (Wildman–Crippen LogP) is 0.873. The summed E-state index contributed by atoms with van der Waals surface area (Å²) < 4.78 is 10.3. The lowest BCUT2D eigenvalue weighted by atomic mass is 10.0. The lowest BCUT2D eigenvalue weighted by Gasteiger charge is -2.29. The van der Waals surface area contributed by atoms with Crippen LogP contribution in [0.1, 0.15) is 23.2 Å². The number of likely N-dealkylation sites (tertiary alicyclic amines) is 1. The Morgan fingerprint density at radius 1 is 1.29 bits per heavy atom. The molecule has 1 aliphatic rings. The van der Waals surface area contributed by atoms with E-state index < -0.39 is 0 Å². The van der Waals surface area contributed by atoms with Crippen molar-refractivity contribution in [2.24, 2.45) is 5.92 Å². The first-order valence-electron chi connectivity index (χ1n) is 8.15. The third-order valence-corrected chi connectivity index (χ3v) is 4.56. The SMILES string of the molecule is COc1ccc(C(=O)N2C[C@@H](CO)CC[C@@H](N(C)C)C2)c(OC)n1. The number of rotatable bonds is 5. The van der Waals surface area contributed by atoms with Crippen LogP contribution in [0.2, 0.25) is 0 Å².